The monoisotopic (exact) mass is 183 g/mol. The molecule has 0 heterocycles. The van der Waals surface area contributed by atoms with Gasteiger partial charge in [-0.2, -0.15) is 0 Å². The molecule has 0 saturated carbocycles. The third kappa shape index (κ3) is 2.26. The number of benzene rings is 1. The zero-order chi connectivity index (χ0) is 9.84. The van der Waals surface area contributed by atoms with Gasteiger partial charge in [-0.05, 0) is 37.2 Å². The van der Waals surface area contributed by atoms with Gasteiger partial charge in [0.25, 0.3) is 0 Å². The Morgan fingerprint density at radius 2 is 2.23 bits per heavy atom. The Morgan fingerprint density at radius 3 is 2.77 bits per heavy atom. The van der Waals surface area contributed by atoms with Crippen LogP contribution in [0.4, 0.5) is 4.39 Å². The minimum Gasteiger partial charge on any atom is -0.394 e. The highest BCUT2D eigenvalue weighted by atomic mass is 19.1. The van der Waals surface area contributed by atoms with Crippen LogP contribution in [-0.4, -0.2) is 18.8 Å². The molecule has 0 aliphatic carbocycles. The van der Waals surface area contributed by atoms with Crippen molar-refractivity contribution in [3.05, 3.63) is 35.1 Å². The van der Waals surface area contributed by atoms with Crippen LogP contribution in [-0.2, 0) is 0 Å². The molecule has 0 radical (unpaired) electrons. The maximum absolute atomic E-state index is 12.9. The summed E-state index contributed by atoms with van der Waals surface area (Å²) in [7, 11) is 1.74. The van der Waals surface area contributed by atoms with Gasteiger partial charge in [0.15, 0.2) is 0 Å². The lowest BCUT2D eigenvalue weighted by atomic mass is 10.0. The van der Waals surface area contributed by atoms with E-state index in [4.69, 9.17) is 5.11 Å². The van der Waals surface area contributed by atoms with E-state index < -0.39 is 0 Å². The van der Waals surface area contributed by atoms with Gasteiger partial charge in [-0.1, -0.05) is 6.07 Å². The van der Waals surface area contributed by atoms with Crippen LogP contribution in [0.15, 0.2) is 18.2 Å². The molecule has 2 N–H and O–H groups in total. The van der Waals surface area contributed by atoms with Gasteiger partial charge in [0.1, 0.15) is 5.82 Å². The second-order valence-electron chi connectivity index (χ2n) is 3.02. The van der Waals surface area contributed by atoms with Crippen LogP contribution in [0.25, 0.3) is 0 Å². The van der Waals surface area contributed by atoms with Crippen molar-refractivity contribution in [2.24, 2.45) is 0 Å². The predicted molar refractivity (Wildman–Crippen MR) is 50.0 cm³/mol. The normalized spacial score (nSPS) is 12.9. The molecule has 0 bridgehead atoms. The minimum atomic E-state index is -0.269. The average Bonchev–Trinajstić information content (AvgIpc) is 2.13. The molecule has 13 heavy (non-hydrogen) atoms. The second kappa shape index (κ2) is 4.35. The van der Waals surface area contributed by atoms with Crippen molar-refractivity contribution in [2.45, 2.75) is 13.0 Å². The number of aliphatic hydroxyl groups excluding tert-OH is 1. The SMILES string of the molecule is CNC(CO)c1cc(F)ccc1C. The van der Waals surface area contributed by atoms with Crippen molar-refractivity contribution in [1.82, 2.24) is 5.32 Å². The molecular weight excluding hydrogens is 169 g/mol. The number of likely N-dealkylation sites (N-methyl/N-ethyl adjacent to an activating group) is 1. The molecule has 1 rings (SSSR count). The van der Waals surface area contributed by atoms with Crippen LogP contribution >= 0.6 is 0 Å². The fourth-order valence-corrected chi connectivity index (χ4v) is 1.33. The van der Waals surface area contributed by atoms with E-state index in [2.05, 4.69) is 5.32 Å². The third-order valence-electron chi connectivity index (χ3n) is 2.15. The molecule has 0 amide bonds. The smallest absolute Gasteiger partial charge is 0.123 e. The van der Waals surface area contributed by atoms with E-state index >= 15 is 0 Å². The van der Waals surface area contributed by atoms with E-state index in [-0.39, 0.29) is 18.5 Å². The number of aryl methyl sites for hydroxylation is 1. The average molecular weight is 183 g/mol. The molecule has 3 heteroatoms. The molecule has 0 aliphatic rings. The number of hydrogen-bond donors (Lipinski definition) is 2. The van der Waals surface area contributed by atoms with Crippen LogP contribution in [0, 0.1) is 12.7 Å². The highest BCUT2D eigenvalue weighted by molar-refractivity contribution is 5.29. The number of rotatable bonds is 3. The van der Waals surface area contributed by atoms with Crippen molar-refractivity contribution >= 4 is 0 Å². The van der Waals surface area contributed by atoms with E-state index in [1.165, 1.54) is 12.1 Å². The molecule has 0 aliphatic heterocycles. The first-order valence-electron chi connectivity index (χ1n) is 4.23. The zero-order valence-electron chi connectivity index (χ0n) is 7.84. The Morgan fingerprint density at radius 1 is 1.54 bits per heavy atom. The van der Waals surface area contributed by atoms with Crippen molar-refractivity contribution < 1.29 is 9.50 Å². The van der Waals surface area contributed by atoms with Crippen LogP contribution in [0.3, 0.4) is 0 Å². The fourth-order valence-electron chi connectivity index (χ4n) is 1.33. The molecule has 0 spiro atoms. The van der Waals surface area contributed by atoms with Crippen LogP contribution in [0.5, 0.6) is 0 Å². The van der Waals surface area contributed by atoms with Crippen LogP contribution < -0.4 is 5.32 Å². The van der Waals surface area contributed by atoms with E-state index in [0.717, 1.165) is 11.1 Å². The van der Waals surface area contributed by atoms with E-state index in [9.17, 15) is 4.39 Å². The highest BCUT2D eigenvalue weighted by Gasteiger charge is 2.10. The fraction of sp³-hybridized carbons (Fsp3) is 0.400. The van der Waals surface area contributed by atoms with Gasteiger partial charge in [-0.15, -0.1) is 0 Å². The van der Waals surface area contributed by atoms with Gasteiger partial charge in [0.2, 0.25) is 0 Å². The molecule has 72 valence electrons. The lowest BCUT2D eigenvalue weighted by Crippen LogP contribution is -2.21. The Labute approximate surface area is 77.4 Å². The summed E-state index contributed by atoms with van der Waals surface area (Å²) < 4.78 is 12.9. The summed E-state index contributed by atoms with van der Waals surface area (Å²) in [4.78, 5) is 0. The van der Waals surface area contributed by atoms with Gasteiger partial charge in [-0.3, -0.25) is 0 Å². The number of aliphatic hydroxyl groups is 1. The lowest BCUT2D eigenvalue weighted by Gasteiger charge is -2.15. The summed E-state index contributed by atoms with van der Waals surface area (Å²) in [6, 6.07) is 4.40. The third-order valence-corrected chi connectivity index (χ3v) is 2.15. The van der Waals surface area contributed by atoms with Gasteiger partial charge < -0.3 is 10.4 Å². The molecular formula is C10H14FNO. The molecule has 1 atom stereocenters. The van der Waals surface area contributed by atoms with Crippen LogP contribution in [0.2, 0.25) is 0 Å². The van der Waals surface area contributed by atoms with E-state index in [1.807, 2.05) is 6.92 Å². The molecule has 0 saturated heterocycles. The molecule has 2 nitrogen and oxygen atoms in total. The molecule has 0 fully saturated rings. The van der Waals surface area contributed by atoms with Crippen molar-refractivity contribution in [3.63, 3.8) is 0 Å². The summed E-state index contributed by atoms with van der Waals surface area (Å²) in [6.07, 6.45) is 0. The summed E-state index contributed by atoms with van der Waals surface area (Å²) in [5.41, 5.74) is 1.79. The first-order chi connectivity index (χ1) is 6.19. The maximum atomic E-state index is 12.9. The maximum Gasteiger partial charge on any atom is 0.123 e. The van der Waals surface area contributed by atoms with Crippen LogP contribution in [0.1, 0.15) is 17.2 Å². The van der Waals surface area contributed by atoms with E-state index in [0.29, 0.717) is 0 Å². The van der Waals surface area contributed by atoms with Gasteiger partial charge in [-0.25, -0.2) is 4.39 Å². The first kappa shape index (κ1) is 10.2. The molecule has 1 aromatic carbocycles. The highest BCUT2D eigenvalue weighted by Crippen LogP contribution is 2.17. The van der Waals surface area contributed by atoms with Gasteiger partial charge >= 0.3 is 0 Å². The van der Waals surface area contributed by atoms with Crippen molar-refractivity contribution in [1.29, 1.82) is 0 Å². The Bertz CT molecular complexity index is 284. The largest absolute Gasteiger partial charge is 0.394 e. The lowest BCUT2D eigenvalue weighted by molar-refractivity contribution is 0.250. The first-order valence-corrected chi connectivity index (χ1v) is 4.23. The molecule has 0 aromatic heterocycles. The summed E-state index contributed by atoms with van der Waals surface area (Å²) in [5, 5.41) is 11.9. The Balaban J connectivity index is 3.03. The molecule has 1 unspecified atom stereocenters. The Hall–Kier alpha value is -0.930. The predicted octanol–water partition coefficient (Wildman–Crippen LogP) is 1.39. The summed E-state index contributed by atoms with van der Waals surface area (Å²) in [5.74, 6) is -0.269. The summed E-state index contributed by atoms with van der Waals surface area (Å²) >= 11 is 0. The quantitative estimate of drug-likeness (QED) is 0.742. The number of halogens is 1. The number of nitrogens with one attached hydrogen (secondary N) is 1. The Kier molecular flexibility index (Phi) is 3.39. The van der Waals surface area contributed by atoms with E-state index in [1.54, 1.807) is 13.1 Å². The molecule has 1 aromatic rings. The minimum absolute atomic E-state index is 0.0270. The summed E-state index contributed by atoms with van der Waals surface area (Å²) in [6.45, 7) is 1.87. The van der Waals surface area contributed by atoms with Gasteiger partial charge in [0, 0.05) is 0 Å². The standard InChI is InChI=1S/C10H14FNO/c1-7-3-4-8(11)5-9(7)10(6-13)12-2/h3-5,10,12-13H,6H2,1-2H3. The van der Waals surface area contributed by atoms with Crippen molar-refractivity contribution in [2.75, 3.05) is 13.7 Å². The second-order valence-corrected chi connectivity index (χ2v) is 3.02. The van der Waals surface area contributed by atoms with Gasteiger partial charge in [0.05, 0.1) is 12.6 Å². The van der Waals surface area contributed by atoms with Crippen molar-refractivity contribution in [3.8, 4) is 0 Å². The zero-order valence-corrected chi connectivity index (χ0v) is 7.84. The number of hydrogen-bond acceptors (Lipinski definition) is 2. The topological polar surface area (TPSA) is 32.3 Å².